The van der Waals surface area contributed by atoms with Crippen LogP contribution in [-0.4, -0.2) is 26.2 Å². The van der Waals surface area contributed by atoms with Gasteiger partial charge in [-0.2, -0.15) is 0 Å². The molecule has 2 aromatic rings. The van der Waals surface area contributed by atoms with Gasteiger partial charge in [0.25, 0.3) is 5.91 Å². The van der Waals surface area contributed by atoms with Crippen molar-refractivity contribution in [2.24, 2.45) is 0 Å². The average molecular weight is 446 g/mol. The topological polar surface area (TPSA) is 88.7 Å². The molecule has 0 aliphatic carbocycles. The van der Waals surface area contributed by atoms with E-state index in [0.717, 1.165) is 10.0 Å². The molecule has 3 rings (SSSR count). The van der Waals surface area contributed by atoms with Crippen LogP contribution in [0.3, 0.4) is 0 Å². The fourth-order valence-electron chi connectivity index (χ4n) is 3.00. The molecule has 0 unspecified atom stereocenters. The van der Waals surface area contributed by atoms with E-state index in [-0.39, 0.29) is 11.9 Å². The Morgan fingerprint density at radius 2 is 1.82 bits per heavy atom. The number of halogens is 1. The summed E-state index contributed by atoms with van der Waals surface area (Å²) in [4.78, 5) is 25.1. The van der Waals surface area contributed by atoms with E-state index >= 15 is 0 Å². The second-order valence-electron chi connectivity index (χ2n) is 6.14. The number of allylic oxidation sites excluding steroid dienone is 1. The number of hydrogen-bond acceptors (Lipinski definition) is 4. The van der Waals surface area contributed by atoms with Gasteiger partial charge < -0.3 is 25.4 Å². The fraction of sp³-hybridized carbons (Fsp3) is 0.200. The van der Waals surface area contributed by atoms with Crippen LogP contribution in [0.4, 0.5) is 10.5 Å². The molecule has 0 saturated carbocycles. The Kier molecular flexibility index (Phi) is 5.89. The van der Waals surface area contributed by atoms with Gasteiger partial charge in [-0.25, -0.2) is 4.79 Å². The third kappa shape index (κ3) is 4.12. The first-order valence-corrected chi connectivity index (χ1v) is 9.29. The quantitative estimate of drug-likeness (QED) is 0.653. The molecule has 0 fully saturated rings. The lowest BCUT2D eigenvalue weighted by Gasteiger charge is -2.29. The number of anilines is 1. The molecule has 146 valence electrons. The zero-order chi connectivity index (χ0) is 20.3. The minimum Gasteiger partial charge on any atom is -0.497 e. The first kappa shape index (κ1) is 19.8. The molecule has 0 radical (unpaired) electrons. The number of methoxy groups -OCH3 is 2. The lowest BCUT2D eigenvalue weighted by Crippen LogP contribution is -2.45. The van der Waals surface area contributed by atoms with Crippen molar-refractivity contribution in [2.45, 2.75) is 13.0 Å². The number of benzene rings is 2. The Hall–Kier alpha value is -3.00. The van der Waals surface area contributed by atoms with Crippen LogP contribution in [0.15, 0.2) is 58.2 Å². The van der Waals surface area contributed by atoms with Crippen LogP contribution in [0.25, 0.3) is 0 Å². The number of carbonyl (C=O) groups excluding carboxylic acids is 2. The maximum absolute atomic E-state index is 13.1. The summed E-state index contributed by atoms with van der Waals surface area (Å²) in [5.74, 6) is 0.728. The molecule has 7 nitrogen and oxygen atoms in total. The molecule has 8 heteroatoms. The fourth-order valence-corrected chi connectivity index (χ4v) is 3.27. The van der Waals surface area contributed by atoms with Gasteiger partial charge in [0.05, 0.1) is 31.5 Å². The highest BCUT2D eigenvalue weighted by atomic mass is 79.9. The molecule has 28 heavy (non-hydrogen) atoms. The number of hydrogen-bond donors (Lipinski definition) is 3. The van der Waals surface area contributed by atoms with Crippen molar-refractivity contribution >= 4 is 33.6 Å². The number of urea groups is 1. The second kappa shape index (κ2) is 8.35. The molecule has 3 N–H and O–H groups in total. The molecule has 1 aliphatic rings. The molecule has 0 aromatic heterocycles. The summed E-state index contributed by atoms with van der Waals surface area (Å²) in [6, 6.07) is 11.6. The lowest BCUT2D eigenvalue weighted by molar-refractivity contribution is -0.113. The first-order chi connectivity index (χ1) is 13.4. The zero-order valence-electron chi connectivity index (χ0n) is 15.6. The molecule has 1 atom stereocenters. The molecule has 0 spiro atoms. The molecule has 3 amide bonds. The van der Waals surface area contributed by atoms with E-state index in [9.17, 15) is 9.59 Å². The van der Waals surface area contributed by atoms with Crippen LogP contribution in [0.2, 0.25) is 0 Å². The van der Waals surface area contributed by atoms with Crippen LogP contribution >= 0.6 is 15.9 Å². The predicted molar refractivity (Wildman–Crippen MR) is 109 cm³/mol. The van der Waals surface area contributed by atoms with Gasteiger partial charge in [-0.05, 0) is 36.8 Å². The summed E-state index contributed by atoms with van der Waals surface area (Å²) in [6.07, 6.45) is 0. The van der Waals surface area contributed by atoms with Crippen molar-refractivity contribution in [2.75, 3.05) is 19.5 Å². The van der Waals surface area contributed by atoms with Gasteiger partial charge in [-0.3, -0.25) is 4.79 Å². The summed E-state index contributed by atoms with van der Waals surface area (Å²) in [6.45, 7) is 1.70. The summed E-state index contributed by atoms with van der Waals surface area (Å²) in [5, 5.41) is 8.33. The van der Waals surface area contributed by atoms with E-state index in [1.165, 1.54) is 7.11 Å². The Labute approximate surface area is 171 Å². The monoisotopic (exact) mass is 445 g/mol. The van der Waals surface area contributed by atoms with Gasteiger partial charge in [0, 0.05) is 16.2 Å². The summed E-state index contributed by atoms with van der Waals surface area (Å²) < 4.78 is 11.5. The highest BCUT2D eigenvalue weighted by Crippen LogP contribution is 2.32. The Bertz CT molecular complexity index is 941. The maximum atomic E-state index is 13.1. The number of nitrogens with one attached hydrogen (secondary N) is 3. The minimum atomic E-state index is -0.585. The Morgan fingerprint density at radius 1 is 1.11 bits per heavy atom. The summed E-state index contributed by atoms with van der Waals surface area (Å²) in [7, 11) is 3.07. The lowest BCUT2D eigenvalue weighted by atomic mass is 9.95. The average Bonchev–Trinajstić information content (AvgIpc) is 2.67. The van der Waals surface area contributed by atoms with Gasteiger partial charge in [0.15, 0.2) is 0 Å². The van der Waals surface area contributed by atoms with Gasteiger partial charge in [0.2, 0.25) is 0 Å². The van der Waals surface area contributed by atoms with Crippen LogP contribution < -0.4 is 25.4 Å². The van der Waals surface area contributed by atoms with Crippen molar-refractivity contribution < 1.29 is 19.1 Å². The van der Waals surface area contributed by atoms with E-state index in [4.69, 9.17) is 9.47 Å². The summed E-state index contributed by atoms with van der Waals surface area (Å²) in [5.41, 5.74) is 2.15. The largest absolute Gasteiger partial charge is 0.497 e. The van der Waals surface area contributed by atoms with Gasteiger partial charge >= 0.3 is 6.03 Å². The normalized spacial score (nSPS) is 16.1. The number of carbonyl (C=O) groups is 2. The number of ether oxygens (including phenoxy) is 2. The van der Waals surface area contributed by atoms with E-state index < -0.39 is 6.04 Å². The predicted octanol–water partition coefficient (Wildman–Crippen LogP) is 3.73. The van der Waals surface area contributed by atoms with Crippen LogP contribution in [0.1, 0.15) is 18.5 Å². The standard InChI is InChI=1S/C20H20BrN3O4/c1-11-17(18(24-20(26)22-11)12-4-6-13(21)7-5-12)19(25)23-15-10-14(27-2)8-9-16(15)28-3/h4-10,18H,1-3H3,(H,23,25)(H2,22,24,26)/t18-/m0/s1. The molecular formula is C20H20BrN3O4. The second-order valence-corrected chi connectivity index (χ2v) is 7.06. The Balaban J connectivity index is 1.97. The van der Waals surface area contributed by atoms with Crippen molar-refractivity contribution in [3.8, 4) is 11.5 Å². The third-order valence-electron chi connectivity index (χ3n) is 4.37. The van der Waals surface area contributed by atoms with Gasteiger partial charge in [-0.1, -0.05) is 28.1 Å². The summed E-state index contributed by atoms with van der Waals surface area (Å²) >= 11 is 3.39. The van der Waals surface area contributed by atoms with Crippen molar-refractivity contribution in [1.82, 2.24) is 10.6 Å². The van der Waals surface area contributed by atoms with E-state index in [2.05, 4.69) is 31.9 Å². The van der Waals surface area contributed by atoms with Crippen molar-refractivity contribution in [3.63, 3.8) is 0 Å². The SMILES string of the molecule is COc1ccc(OC)c(NC(=O)C2=C(C)NC(=O)N[C@H]2c2ccc(Br)cc2)c1. The Morgan fingerprint density at radius 3 is 2.46 bits per heavy atom. The zero-order valence-corrected chi connectivity index (χ0v) is 17.2. The molecule has 1 aliphatic heterocycles. The molecule has 0 saturated heterocycles. The van der Waals surface area contributed by atoms with Gasteiger partial charge in [0.1, 0.15) is 11.5 Å². The molecular weight excluding hydrogens is 426 g/mol. The molecule has 2 aromatic carbocycles. The van der Waals surface area contributed by atoms with E-state index in [0.29, 0.717) is 28.5 Å². The van der Waals surface area contributed by atoms with Crippen molar-refractivity contribution in [3.05, 3.63) is 63.8 Å². The van der Waals surface area contributed by atoms with E-state index in [1.807, 2.05) is 24.3 Å². The van der Waals surface area contributed by atoms with E-state index in [1.54, 1.807) is 32.2 Å². The van der Waals surface area contributed by atoms with Crippen LogP contribution in [-0.2, 0) is 4.79 Å². The van der Waals surface area contributed by atoms with Crippen LogP contribution in [0.5, 0.6) is 11.5 Å². The highest BCUT2D eigenvalue weighted by Gasteiger charge is 2.31. The third-order valence-corrected chi connectivity index (χ3v) is 4.90. The van der Waals surface area contributed by atoms with Crippen molar-refractivity contribution in [1.29, 1.82) is 0 Å². The molecule has 0 bridgehead atoms. The minimum absolute atomic E-state index is 0.357. The maximum Gasteiger partial charge on any atom is 0.319 e. The van der Waals surface area contributed by atoms with Gasteiger partial charge in [-0.15, -0.1) is 0 Å². The highest BCUT2D eigenvalue weighted by molar-refractivity contribution is 9.10. The van der Waals surface area contributed by atoms with Crippen LogP contribution in [0, 0.1) is 0 Å². The smallest absolute Gasteiger partial charge is 0.319 e. The number of amides is 3. The molecule has 1 heterocycles. The number of rotatable bonds is 5. The first-order valence-electron chi connectivity index (χ1n) is 8.50.